The van der Waals surface area contributed by atoms with Gasteiger partial charge < -0.3 is 4.74 Å². The first-order valence-corrected chi connectivity index (χ1v) is 11.8. The summed E-state index contributed by atoms with van der Waals surface area (Å²) in [6.45, 7) is 5.48. The zero-order valence-corrected chi connectivity index (χ0v) is 20.5. The molecule has 196 valence electrons. The summed E-state index contributed by atoms with van der Waals surface area (Å²) in [4.78, 5) is 25.3. The van der Waals surface area contributed by atoms with Crippen molar-refractivity contribution >= 4 is 17.0 Å². The molecule has 0 N–H and O–H groups in total. The number of alkyl halides is 3. The number of halogens is 4. The molecule has 0 saturated carbocycles. The van der Waals surface area contributed by atoms with E-state index in [1.807, 2.05) is 6.92 Å². The molecule has 0 saturated heterocycles. The van der Waals surface area contributed by atoms with Crippen LogP contribution in [0.2, 0.25) is 0 Å². The number of aryl methyl sites for hydroxylation is 1. The highest BCUT2D eigenvalue weighted by Gasteiger charge is 2.35. The molecule has 0 amide bonds. The summed E-state index contributed by atoms with van der Waals surface area (Å²) in [5, 5.41) is 0.0893. The van der Waals surface area contributed by atoms with Crippen LogP contribution in [0.25, 0.3) is 33.9 Å². The van der Waals surface area contributed by atoms with Gasteiger partial charge in [-0.1, -0.05) is 25.6 Å². The Morgan fingerprint density at radius 1 is 1.03 bits per heavy atom. The van der Waals surface area contributed by atoms with E-state index in [0.717, 1.165) is 12.1 Å². The van der Waals surface area contributed by atoms with Gasteiger partial charge in [-0.15, -0.1) is 0 Å². The number of hydrogen-bond donors (Lipinski definition) is 0. The minimum Gasteiger partial charge on any atom is -0.438 e. The second-order valence-electron chi connectivity index (χ2n) is 8.47. The largest absolute Gasteiger partial charge is 0.438 e. The van der Waals surface area contributed by atoms with Crippen LogP contribution in [0.3, 0.4) is 0 Å². The average molecular weight is 532 g/mol. The molecule has 0 unspecified atom stereocenters. The summed E-state index contributed by atoms with van der Waals surface area (Å²) < 4.78 is 62.5. The van der Waals surface area contributed by atoms with Crippen molar-refractivity contribution in [3.05, 3.63) is 113 Å². The molecular weight excluding hydrogens is 512 g/mol. The van der Waals surface area contributed by atoms with Crippen molar-refractivity contribution in [3.8, 4) is 28.6 Å². The van der Waals surface area contributed by atoms with Crippen LogP contribution in [0.1, 0.15) is 23.9 Å². The third-order valence-electron chi connectivity index (χ3n) is 6.05. The quantitative estimate of drug-likeness (QED) is 0.220. The molecule has 10 heteroatoms. The summed E-state index contributed by atoms with van der Waals surface area (Å²) in [5.74, 6) is -0.785. The van der Waals surface area contributed by atoms with E-state index < -0.39 is 29.0 Å². The Morgan fingerprint density at radius 3 is 2.51 bits per heavy atom. The summed E-state index contributed by atoms with van der Waals surface area (Å²) >= 11 is 0. The van der Waals surface area contributed by atoms with E-state index in [1.54, 1.807) is 28.8 Å². The van der Waals surface area contributed by atoms with Crippen molar-refractivity contribution < 1.29 is 22.3 Å². The van der Waals surface area contributed by atoms with Gasteiger partial charge in [0, 0.05) is 24.4 Å². The number of fused-ring (bicyclic) bond motifs is 1. The van der Waals surface area contributed by atoms with E-state index in [4.69, 9.17) is 4.74 Å². The van der Waals surface area contributed by atoms with E-state index in [9.17, 15) is 18.0 Å². The molecule has 0 aliphatic carbocycles. The predicted molar refractivity (Wildman–Crippen MR) is 139 cm³/mol. The van der Waals surface area contributed by atoms with Crippen molar-refractivity contribution in [2.45, 2.75) is 19.5 Å². The number of ether oxygens (including phenoxy) is 1. The maximum absolute atomic E-state index is 15.1. The standard InChI is InChI=1S/C29H20F4N4O2/c1-3-17-9-11-19(22(30)15-17)26-24(8-6-13-34-26)37-23-12-10-18(16-20(23)27(38)36-25(37)4-2)39-28-21(29(31,32)33)7-5-14-35-28/h3,5-16H,1,4H2,2H3. The van der Waals surface area contributed by atoms with E-state index >= 15 is 4.39 Å². The zero-order chi connectivity index (χ0) is 27.7. The first-order chi connectivity index (χ1) is 18.7. The van der Waals surface area contributed by atoms with Gasteiger partial charge in [0.1, 0.15) is 23.0 Å². The van der Waals surface area contributed by atoms with Crippen molar-refractivity contribution in [2.24, 2.45) is 0 Å². The van der Waals surface area contributed by atoms with E-state index in [0.29, 0.717) is 34.7 Å². The zero-order valence-electron chi connectivity index (χ0n) is 20.5. The van der Waals surface area contributed by atoms with Gasteiger partial charge in [-0.2, -0.15) is 18.2 Å². The van der Waals surface area contributed by atoms with Crippen LogP contribution in [0.4, 0.5) is 17.6 Å². The Kier molecular flexibility index (Phi) is 6.69. The smallest absolute Gasteiger partial charge is 0.421 e. The lowest BCUT2D eigenvalue weighted by Gasteiger charge is -2.19. The Bertz CT molecular complexity index is 1780. The second kappa shape index (κ2) is 10.1. The number of benzene rings is 2. The fraction of sp³-hybridized carbons (Fsp3) is 0.103. The van der Waals surface area contributed by atoms with Crippen LogP contribution in [-0.4, -0.2) is 19.5 Å². The van der Waals surface area contributed by atoms with Gasteiger partial charge in [-0.05, 0) is 60.2 Å². The molecule has 0 aliphatic heterocycles. The predicted octanol–water partition coefficient (Wildman–Crippen LogP) is 7.00. The van der Waals surface area contributed by atoms with Gasteiger partial charge in [0.05, 0.1) is 22.3 Å². The molecule has 0 bridgehead atoms. The van der Waals surface area contributed by atoms with E-state index in [-0.39, 0.29) is 16.7 Å². The second-order valence-corrected chi connectivity index (χ2v) is 8.47. The van der Waals surface area contributed by atoms with Gasteiger partial charge in [-0.3, -0.25) is 14.3 Å². The van der Waals surface area contributed by atoms with Crippen molar-refractivity contribution in [2.75, 3.05) is 0 Å². The van der Waals surface area contributed by atoms with Crippen LogP contribution in [0.5, 0.6) is 11.6 Å². The Morgan fingerprint density at radius 2 is 1.79 bits per heavy atom. The van der Waals surface area contributed by atoms with Crippen LogP contribution in [0.15, 0.2) is 84.4 Å². The third-order valence-corrected chi connectivity index (χ3v) is 6.05. The van der Waals surface area contributed by atoms with Crippen molar-refractivity contribution in [1.29, 1.82) is 0 Å². The lowest BCUT2D eigenvalue weighted by Crippen LogP contribution is -2.18. The first-order valence-electron chi connectivity index (χ1n) is 11.8. The topological polar surface area (TPSA) is 69.9 Å². The molecule has 2 aromatic carbocycles. The molecule has 0 spiro atoms. The summed E-state index contributed by atoms with van der Waals surface area (Å²) in [5.41, 5.74) is 0.380. The van der Waals surface area contributed by atoms with Gasteiger partial charge in [0.15, 0.2) is 0 Å². The molecule has 5 rings (SSSR count). The van der Waals surface area contributed by atoms with Crippen LogP contribution < -0.4 is 10.3 Å². The highest BCUT2D eigenvalue weighted by atomic mass is 19.4. The van der Waals surface area contributed by atoms with Crippen LogP contribution in [0, 0.1) is 5.82 Å². The van der Waals surface area contributed by atoms with Crippen LogP contribution in [-0.2, 0) is 12.6 Å². The average Bonchev–Trinajstić information content (AvgIpc) is 2.93. The molecule has 0 fully saturated rings. The number of aromatic nitrogens is 4. The molecule has 0 atom stereocenters. The van der Waals surface area contributed by atoms with Gasteiger partial charge in [0.2, 0.25) is 5.88 Å². The van der Waals surface area contributed by atoms with Gasteiger partial charge in [-0.25, -0.2) is 9.37 Å². The lowest BCUT2D eigenvalue weighted by atomic mass is 10.1. The number of hydrogen-bond acceptors (Lipinski definition) is 5. The third kappa shape index (κ3) is 4.88. The van der Waals surface area contributed by atoms with Crippen LogP contribution >= 0.6 is 0 Å². The molecule has 3 aromatic heterocycles. The molecule has 0 aliphatic rings. The monoisotopic (exact) mass is 532 g/mol. The maximum Gasteiger partial charge on any atom is 0.421 e. The Balaban J connectivity index is 1.69. The Hall–Kier alpha value is -4.86. The maximum atomic E-state index is 15.1. The fourth-order valence-electron chi connectivity index (χ4n) is 4.25. The van der Waals surface area contributed by atoms with Gasteiger partial charge in [0.25, 0.3) is 5.56 Å². The number of pyridine rings is 2. The van der Waals surface area contributed by atoms with Crippen molar-refractivity contribution in [1.82, 2.24) is 19.5 Å². The Labute approximate surface area is 219 Å². The van der Waals surface area contributed by atoms with Crippen molar-refractivity contribution in [3.63, 3.8) is 0 Å². The normalized spacial score (nSPS) is 11.5. The molecule has 6 nitrogen and oxygen atoms in total. The minimum absolute atomic E-state index is 0.0288. The molecule has 3 heterocycles. The highest BCUT2D eigenvalue weighted by molar-refractivity contribution is 5.84. The van der Waals surface area contributed by atoms with E-state index in [2.05, 4.69) is 21.5 Å². The summed E-state index contributed by atoms with van der Waals surface area (Å²) in [7, 11) is 0. The summed E-state index contributed by atoms with van der Waals surface area (Å²) in [6.07, 6.45) is -0.0826. The molecule has 39 heavy (non-hydrogen) atoms. The molecular formula is C29H20F4N4O2. The fourth-order valence-corrected chi connectivity index (χ4v) is 4.25. The summed E-state index contributed by atoms with van der Waals surface area (Å²) in [6, 6.07) is 14.4. The number of rotatable bonds is 6. The van der Waals surface area contributed by atoms with E-state index in [1.165, 1.54) is 42.7 Å². The number of nitrogens with zero attached hydrogens (tertiary/aromatic N) is 4. The minimum atomic E-state index is -4.68. The first kappa shape index (κ1) is 25.8. The highest BCUT2D eigenvalue weighted by Crippen LogP contribution is 2.37. The van der Waals surface area contributed by atoms with Gasteiger partial charge >= 0.3 is 6.18 Å². The molecule has 5 aromatic rings. The lowest BCUT2D eigenvalue weighted by molar-refractivity contribution is -0.138. The SMILES string of the molecule is C=Cc1ccc(-c2ncccc2-n2c(CC)nc(=O)c3cc(Oc4ncccc4C(F)(F)F)ccc32)c(F)c1. The molecule has 0 radical (unpaired) electrons.